The van der Waals surface area contributed by atoms with Crippen LogP contribution < -0.4 is 5.32 Å². The van der Waals surface area contributed by atoms with Crippen LogP contribution in [0.15, 0.2) is 0 Å². The molecule has 3 heteroatoms. The highest BCUT2D eigenvalue weighted by atomic mass is 16.5. The van der Waals surface area contributed by atoms with Crippen molar-refractivity contribution in [2.45, 2.75) is 38.6 Å². The van der Waals surface area contributed by atoms with E-state index in [9.17, 15) is 4.79 Å². The van der Waals surface area contributed by atoms with Gasteiger partial charge in [0.05, 0.1) is 7.11 Å². The fourth-order valence-electron chi connectivity index (χ4n) is 1.99. The molecule has 76 valence electrons. The van der Waals surface area contributed by atoms with Gasteiger partial charge in [-0.2, -0.15) is 0 Å². The van der Waals surface area contributed by atoms with Crippen molar-refractivity contribution < 1.29 is 9.53 Å². The first-order valence-electron chi connectivity index (χ1n) is 5.09. The lowest BCUT2D eigenvalue weighted by molar-refractivity contribution is -0.144. The first-order valence-corrected chi connectivity index (χ1v) is 5.09. The average Bonchev–Trinajstić information content (AvgIpc) is 2.18. The van der Waals surface area contributed by atoms with Gasteiger partial charge in [0.1, 0.15) is 6.04 Å². The number of carbonyl (C=O) groups is 1. The van der Waals surface area contributed by atoms with Crippen LogP contribution in [-0.2, 0) is 9.53 Å². The predicted octanol–water partition coefficient (Wildman–Crippen LogP) is 1.33. The third-order valence-electron chi connectivity index (χ3n) is 2.69. The monoisotopic (exact) mass is 185 g/mol. The molecule has 0 aromatic carbocycles. The first-order chi connectivity index (χ1) is 6.27. The maximum absolute atomic E-state index is 11.2. The number of rotatable bonds is 3. The van der Waals surface area contributed by atoms with Crippen LogP contribution in [0.3, 0.4) is 0 Å². The molecule has 0 saturated carbocycles. The second-order valence-electron chi connectivity index (χ2n) is 3.71. The number of hydrogen-bond acceptors (Lipinski definition) is 3. The zero-order chi connectivity index (χ0) is 9.68. The molecule has 2 unspecified atom stereocenters. The molecule has 1 aliphatic heterocycles. The van der Waals surface area contributed by atoms with Crippen LogP contribution in [0.5, 0.6) is 0 Å². The van der Waals surface area contributed by atoms with Gasteiger partial charge in [-0.1, -0.05) is 19.8 Å². The molecule has 1 fully saturated rings. The number of piperidine rings is 1. The summed E-state index contributed by atoms with van der Waals surface area (Å²) >= 11 is 0. The van der Waals surface area contributed by atoms with Crippen molar-refractivity contribution in [1.82, 2.24) is 5.32 Å². The van der Waals surface area contributed by atoms with E-state index in [0.717, 1.165) is 13.0 Å². The number of esters is 1. The second-order valence-corrected chi connectivity index (χ2v) is 3.71. The van der Waals surface area contributed by atoms with E-state index in [1.807, 2.05) is 0 Å². The molecule has 1 heterocycles. The van der Waals surface area contributed by atoms with Crippen LogP contribution in [0.1, 0.15) is 32.6 Å². The molecule has 0 radical (unpaired) electrons. The Bertz CT molecular complexity index is 168. The number of methoxy groups -OCH3 is 1. The molecule has 2 atom stereocenters. The molecule has 0 aromatic rings. The van der Waals surface area contributed by atoms with Gasteiger partial charge in [0, 0.05) is 0 Å². The minimum Gasteiger partial charge on any atom is -0.468 e. The van der Waals surface area contributed by atoms with Gasteiger partial charge < -0.3 is 10.1 Å². The van der Waals surface area contributed by atoms with Gasteiger partial charge in [-0.05, 0) is 25.3 Å². The molecular formula is C10H19NO2. The van der Waals surface area contributed by atoms with E-state index in [4.69, 9.17) is 4.74 Å². The average molecular weight is 185 g/mol. The van der Waals surface area contributed by atoms with Gasteiger partial charge in [-0.25, -0.2) is 0 Å². The van der Waals surface area contributed by atoms with Gasteiger partial charge in [0.2, 0.25) is 0 Å². The van der Waals surface area contributed by atoms with E-state index in [2.05, 4.69) is 12.2 Å². The number of nitrogens with one attached hydrogen (secondary N) is 1. The smallest absolute Gasteiger partial charge is 0.322 e. The molecule has 13 heavy (non-hydrogen) atoms. The fraction of sp³-hybridized carbons (Fsp3) is 0.900. The lowest BCUT2D eigenvalue weighted by Crippen LogP contribution is -2.44. The Labute approximate surface area is 79.8 Å². The van der Waals surface area contributed by atoms with Gasteiger partial charge >= 0.3 is 5.97 Å². The minimum absolute atomic E-state index is 0.0599. The van der Waals surface area contributed by atoms with Crippen molar-refractivity contribution in [3.05, 3.63) is 0 Å². The van der Waals surface area contributed by atoms with Crippen molar-refractivity contribution in [2.75, 3.05) is 13.7 Å². The summed E-state index contributed by atoms with van der Waals surface area (Å²) in [5.74, 6) is 0.594. The standard InChI is InChI=1S/C10H19NO2/c1-3-4-8-5-6-11-9(7-8)10(12)13-2/h8-9,11H,3-7H2,1-2H3. The fourth-order valence-corrected chi connectivity index (χ4v) is 1.99. The van der Waals surface area contributed by atoms with E-state index in [0.29, 0.717) is 5.92 Å². The van der Waals surface area contributed by atoms with Gasteiger partial charge in [-0.15, -0.1) is 0 Å². The number of carbonyl (C=O) groups excluding carboxylic acids is 1. The molecule has 1 rings (SSSR count). The molecule has 1 saturated heterocycles. The third-order valence-corrected chi connectivity index (χ3v) is 2.69. The maximum atomic E-state index is 11.2. The van der Waals surface area contributed by atoms with Gasteiger partial charge in [-0.3, -0.25) is 4.79 Å². The molecule has 0 spiro atoms. The lowest BCUT2D eigenvalue weighted by Gasteiger charge is -2.28. The first kappa shape index (κ1) is 10.5. The molecule has 1 aliphatic rings. The van der Waals surface area contributed by atoms with Crippen LogP contribution >= 0.6 is 0 Å². The van der Waals surface area contributed by atoms with Crippen LogP contribution in [0.25, 0.3) is 0 Å². The summed E-state index contributed by atoms with van der Waals surface area (Å²) in [6.45, 7) is 3.14. The number of hydrogen-bond donors (Lipinski definition) is 1. The zero-order valence-corrected chi connectivity index (χ0v) is 8.51. The van der Waals surface area contributed by atoms with Crippen LogP contribution in [0, 0.1) is 5.92 Å². The molecule has 0 aliphatic carbocycles. The number of ether oxygens (including phenoxy) is 1. The Morgan fingerprint density at radius 2 is 2.38 bits per heavy atom. The van der Waals surface area contributed by atoms with Crippen LogP contribution in [0.4, 0.5) is 0 Å². The quantitative estimate of drug-likeness (QED) is 0.674. The predicted molar refractivity (Wildman–Crippen MR) is 51.4 cm³/mol. The van der Waals surface area contributed by atoms with Crippen LogP contribution in [0.2, 0.25) is 0 Å². The summed E-state index contributed by atoms with van der Waals surface area (Å²) in [6, 6.07) is -0.0599. The highest BCUT2D eigenvalue weighted by Gasteiger charge is 2.26. The molecular weight excluding hydrogens is 166 g/mol. The van der Waals surface area contributed by atoms with Crippen molar-refractivity contribution in [2.24, 2.45) is 5.92 Å². The minimum atomic E-state index is -0.110. The van der Waals surface area contributed by atoms with Crippen molar-refractivity contribution in [3.8, 4) is 0 Å². The van der Waals surface area contributed by atoms with E-state index in [1.165, 1.54) is 26.4 Å². The summed E-state index contributed by atoms with van der Waals surface area (Å²) in [4.78, 5) is 11.2. The Balaban J connectivity index is 2.37. The largest absolute Gasteiger partial charge is 0.468 e. The topological polar surface area (TPSA) is 38.3 Å². The summed E-state index contributed by atoms with van der Waals surface area (Å²) in [5.41, 5.74) is 0. The summed E-state index contributed by atoms with van der Waals surface area (Å²) < 4.78 is 4.71. The van der Waals surface area contributed by atoms with Gasteiger partial charge in [0.15, 0.2) is 0 Å². The Hall–Kier alpha value is -0.570. The van der Waals surface area contributed by atoms with Gasteiger partial charge in [0.25, 0.3) is 0 Å². The zero-order valence-electron chi connectivity index (χ0n) is 8.51. The molecule has 0 bridgehead atoms. The SMILES string of the molecule is CCCC1CCNC(C(=O)OC)C1. The molecule has 3 nitrogen and oxygen atoms in total. The van der Waals surface area contributed by atoms with E-state index in [1.54, 1.807) is 0 Å². The normalized spacial score (nSPS) is 28.5. The van der Waals surface area contributed by atoms with E-state index in [-0.39, 0.29) is 12.0 Å². The third kappa shape index (κ3) is 2.99. The highest BCUT2D eigenvalue weighted by molar-refractivity contribution is 5.75. The van der Waals surface area contributed by atoms with E-state index < -0.39 is 0 Å². The Kier molecular flexibility index (Phi) is 4.22. The summed E-state index contributed by atoms with van der Waals surface area (Å²) in [7, 11) is 1.45. The second kappa shape index (κ2) is 5.22. The Morgan fingerprint density at radius 3 is 3.00 bits per heavy atom. The summed E-state index contributed by atoms with van der Waals surface area (Å²) in [5, 5.41) is 3.18. The highest BCUT2D eigenvalue weighted by Crippen LogP contribution is 2.21. The van der Waals surface area contributed by atoms with Crippen molar-refractivity contribution >= 4 is 5.97 Å². The molecule has 0 amide bonds. The van der Waals surface area contributed by atoms with Crippen molar-refractivity contribution in [1.29, 1.82) is 0 Å². The Morgan fingerprint density at radius 1 is 1.62 bits per heavy atom. The van der Waals surface area contributed by atoms with Crippen LogP contribution in [-0.4, -0.2) is 25.7 Å². The summed E-state index contributed by atoms with van der Waals surface area (Å²) in [6.07, 6.45) is 4.58. The lowest BCUT2D eigenvalue weighted by atomic mass is 9.89. The van der Waals surface area contributed by atoms with E-state index >= 15 is 0 Å². The molecule has 0 aromatic heterocycles. The molecule has 1 N–H and O–H groups in total. The maximum Gasteiger partial charge on any atom is 0.322 e. The van der Waals surface area contributed by atoms with Crippen molar-refractivity contribution in [3.63, 3.8) is 0 Å².